The smallest absolute Gasteiger partial charge is 0.255 e. The molecule has 0 aliphatic rings. The van der Waals surface area contributed by atoms with Crippen LogP contribution in [0.1, 0.15) is 10.4 Å². The van der Waals surface area contributed by atoms with E-state index < -0.39 is 0 Å². The molecule has 0 saturated carbocycles. The molecule has 0 fully saturated rings. The summed E-state index contributed by atoms with van der Waals surface area (Å²) in [6, 6.07) is 12.4. The molecule has 0 saturated heterocycles. The fourth-order valence-electron chi connectivity index (χ4n) is 1.98. The summed E-state index contributed by atoms with van der Waals surface area (Å²) in [5.41, 5.74) is 8.64. The first kappa shape index (κ1) is 14.7. The Kier molecular flexibility index (Phi) is 4.33. The molecule has 21 heavy (non-hydrogen) atoms. The second kappa shape index (κ2) is 6.17. The minimum absolute atomic E-state index is 0.197. The largest absolute Gasteiger partial charge is 0.497 e. The first-order valence-electron chi connectivity index (χ1n) is 6.53. The van der Waals surface area contributed by atoms with Gasteiger partial charge in [0.25, 0.3) is 5.91 Å². The summed E-state index contributed by atoms with van der Waals surface area (Å²) >= 11 is 0. The van der Waals surface area contributed by atoms with Gasteiger partial charge in [-0.3, -0.25) is 4.79 Å². The van der Waals surface area contributed by atoms with Crippen LogP contribution in [-0.4, -0.2) is 27.1 Å². The molecular weight excluding hydrogens is 266 g/mol. The van der Waals surface area contributed by atoms with Crippen LogP contribution in [-0.2, 0) is 0 Å². The van der Waals surface area contributed by atoms with E-state index in [2.05, 4.69) is 5.32 Å². The van der Waals surface area contributed by atoms with E-state index in [0.29, 0.717) is 16.9 Å². The van der Waals surface area contributed by atoms with Crippen LogP contribution in [0.2, 0.25) is 0 Å². The molecule has 0 radical (unpaired) electrons. The first-order chi connectivity index (χ1) is 10.0. The Morgan fingerprint density at radius 1 is 1.14 bits per heavy atom. The molecular formula is C16H19N3O2. The number of nitrogens with two attached hydrogens (primary N) is 1. The Bertz CT molecular complexity index is 636. The van der Waals surface area contributed by atoms with Crippen molar-refractivity contribution in [3.63, 3.8) is 0 Å². The zero-order valence-electron chi connectivity index (χ0n) is 12.4. The lowest BCUT2D eigenvalue weighted by molar-refractivity contribution is 0.102. The number of amides is 1. The molecule has 0 bridgehead atoms. The van der Waals surface area contributed by atoms with Crippen LogP contribution in [0.5, 0.6) is 5.75 Å². The van der Waals surface area contributed by atoms with E-state index in [1.54, 1.807) is 43.5 Å². The van der Waals surface area contributed by atoms with Gasteiger partial charge in [-0.15, -0.1) is 0 Å². The first-order valence-corrected chi connectivity index (χ1v) is 6.53. The van der Waals surface area contributed by atoms with Crippen molar-refractivity contribution >= 4 is 23.0 Å². The quantitative estimate of drug-likeness (QED) is 0.847. The highest BCUT2D eigenvalue weighted by Crippen LogP contribution is 2.23. The molecule has 2 rings (SSSR count). The van der Waals surface area contributed by atoms with E-state index in [-0.39, 0.29) is 5.91 Å². The average molecular weight is 285 g/mol. The number of rotatable bonds is 4. The Labute approximate surface area is 124 Å². The topological polar surface area (TPSA) is 67.6 Å². The van der Waals surface area contributed by atoms with Gasteiger partial charge in [0.1, 0.15) is 5.75 Å². The molecule has 5 heteroatoms. The van der Waals surface area contributed by atoms with Crippen molar-refractivity contribution in [1.29, 1.82) is 0 Å². The zero-order valence-corrected chi connectivity index (χ0v) is 12.4. The van der Waals surface area contributed by atoms with Crippen LogP contribution in [0.25, 0.3) is 0 Å². The number of methoxy groups -OCH3 is 1. The van der Waals surface area contributed by atoms with Gasteiger partial charge in [0.15, 0.2) is 0 Å². The summed E-state index contributed by atoms with van der Waals surface area (Å²) in [5, 5.41) is 2.82. The van der Waals surface area contributed by atoms with E-state index in [0.717, 1.165) is 11.4 Å². The minimum atomic E-state index is -0.197. The molecule has 3 N–H and O–H groups in total. The number of benzene rings is 2. The van der Waals surface area contributed by atoms with Crippen LogP contribution in [0.3, 0.4) is 0 Å². The Morgan fingerprint density at radius 3 is 2.33 bits per heavy atom. The number of nitrogens with zero attached hydrogens (tertiary/aromatic N) is 1. The van der Waals surface area contributed by atoms with Crippen molar-refractivity contribution in [1.82, 2.24) is 0 Å². The summed E-state index contributed by atoms with van der Waals surface area (Å²) in [6.07, 6.45) is 0. The Hall–Kier alpha value is -2.69. The van der Waals surface area contributed by atoms with Gasteiger partial charge in [-0.25, -0.2) is 0 Å². The lowest BCUT2D eigenvalue weighted by atomic mass is 10.1. The number of carbonyl (C=O) groups is 1. The van der Waals surface area contributed by atoms with Crippen LogP contribution in [0.4, 0.5) is 17.1 Å². The second-order valence-corrected chi connectivity index (χ2v) is 4.85. The van der Waals surface area contributed by atoms with Crippen molar-refractivity contribution in [2.75, 3.05) is 37.2 Å². The van der Waals surface area contributed by atoms with E-state index >= 15 is 0 Å². The van der Waals surface area contributed by atoms with E-state index in [1.165, 1.54) is 0 Å². The summed E-state index contributed by atoms with van der Waals surface area (Å²) in [7, 11) is 5.41. The van der Waals surface area contributed by atoms with Crippen molar-refractivity contribution in [3.8, 4) is 5.75 Å². The van der Waals surface area contributed by atoms with Gasteiger partial charge in [0, 0.05) is 25.3 Å². The van der Waals surface area contributed by atoms with Crippen molar-refractivity contribution in [3.05, 3.63) is 48.0 Å². The molecule has 0 spiro atoms. The third-order valence-corrected chi connectivity index (χ3v) is 3.12. The van der Waals surface area contributed by atoms with E-state index in [9.17, 15) is 4.79 Å². The van der Waals surface area contributed by atoms with Gasteiger partial charge >= 0.3 is 0 Å². The highest BCUT2D eigenvalue weighted by molar-refractivity contribution is 6.05. The highest BCUT2D eigenvalue weighted by atomic mass is 16.5. The third-order valence-electron chi connectivity index (χ3n) is 3.12. The van der Waals surface area contributed by atoms with Crippen molar-refractivity contribution in [2.45, 2.75) is 0 Å². The highest BCUT2D eigenvalue weighted by Gasteiger charge is 2.09. The van der Waals surface area contributed by atoms with Gasteiger partial charge < -0.3 is 20.7 Å². The Balaban J connectivity index is 2.14. The number of nitrogens with one attached hydrogen (secondary N) is 1. The summed E-state index contributed by atoms with van der Waals surface area (Å²) in [5.74, 6) is 0.546. The van der Waals surface area contributed by atoms with Gasteiger partial charge in [-0.05, 0) is 42.5 Å². The second-order valence-electron chi connectivity index (χ2n) is 4.85. The number of ether oxygens (including phenoxy) is 1. The van der Waals surface area contributed by atoms with Crippen molar-refractivity contribution < 1.29 is 9.53 Å². The number of anilines is 3. The molecule has 2 aromatic rings. The molecule has 0 aliphatic heterocycles. The van der Waals surface area contributed by atoms with Gasteiger partial charge in [0.05, 0.1) is 18.5 Å². The molecule has 0 atom stereocenters. The molecule has 0 unspecified atom stereocenters. The third kappa shape index (κ3) is 3.45. The monoisotopic (exact) mass is 285 g/mol. The normalized spacial score (nSPS) is 10.0. The number of carbonyl (C=O) groups excluding carboxylic acids is 1. The lowest BCUT2D eigenvalue weighted by Gasteiger charge is -2.16. The van der Waals surface area contributed by atoms with E-state index in [1.807, 2.05) is 25.1 Å². The maximum atomic E-state index is 12.2. The summed E-state index contributed by atoms with van der Waals surface area (Å²) < 4.78 is 5.08. The Morgan fingerprint density at radius 2 is 1.81 bits per heavy atom. The molecule has 110 valence electrons. The van der Waals surface area contributed by atoms with Crippen LogP contribution in [0, 0.1) is 0 Å². The SMILES string of the molecule is COc1ccc(NC(=O)c2ccc(N(C)C)c(N)c2)cc1. The van der Waals surface area contributed by atoms with Crippen molar-refractivity contribution in [2.24, 2.45) is 0 Å². The number of hydrogen-bond donors (Lipinski definition) is 2. The molecule has 2 aromatic carbocycles. The number of nitrogen functional groups attached to an aromatic ring is 1. The summed E-state index contributed by atoms with van der Waals surface area (Å²) in [6.45, 7) is 0. The zero-order chi connectivity index (χ0) is 15.4. The molecule has 0 aliphatic carbocycles. The molecule has 0 heterocycles. The van der Waals surface area contributed by atoms with Gasteiger partial charge in [-0.2, -0.15) is 0 Å². The molecule has 5 nitrogen and oxygen atoms in total. The predicted molar refractivity (Wildman–Crippen MR) is 86.1 cm³/mol. The van der Waals surface area contributed by atoms with E-state index in [4.69, 9.17) is 10.5 Å². The maximum absolute atomic E-state index is 12.2. The molecule has 0 aromatic heterocycles. The lowest BCUT2D eigenvalue weighted by Crippen LogP contribution is -2.15. The molecule has 1 amide bonds. The predicted octanol–water partition coefficient (Wildman–Crippen LogP) is 2.60. The van der Waals surface area contributed by atoms with Crippen LogP contribution < -0.4 is 20.7 Å². The van der Waals surface area contributed by atoms with Crippen LogP contribution in [0.15, 0.2) is 42.5 Å². The van der Waals surface area contributed by atoms with Crippen LogP contribution >= 0.6 is 0 Å². The average Bonchev–Trinajstić information content (AvgIpc) is 2.47. The van der Waals surface area contributed by atoms with Gasteiger partial charge in [-0.1, -0.05) is 0 Å². The number of hydrogen-bond acceptors (Lipinski definition) is 4. The standard InChI is InChI=1S/C16H19N3O2/c1-19(2)15-9-4-11(10-14(15)17)16(20)18-12-5-7-13(21-3)8-6-12/h4-10H,17H2,1-3H3,(H,18,20). The summed E-state index contributed by atoms with van der Waals surface area (Å²) in [4.78, 5) is 14.1. The van der Waals surface area contributed by atoms with Gasteiger partial charge in [0.2, 0.25) is 0 Å². The fourth-order valence-corrected chi connectivity index (χ4v) is 1.98. The minimum Gasteiger partial charge on any atom is -0.497 e. The fraction of sp³-hybridized carbons (Fsp3) is 0.188. The maximum Gasteiger partial charge on any atom is 0.255 e.